The summed E-state index contributed by atoms with van der Waals surface area (Å²) in [6.07, 6.45) is 5.71. The number of rotatable bonds is 2. The Bertz CT molecular complexity index is 157. The molecule has 0 saturated heterocycles. The van der Waals surface area contributed by atoms with E-state index in [2.05, 4.69) is 31.3 Å². The normalized spacial score (nSPS) is 24.1. The molecule has 1 N–H and O–H groups in total. The first-order valence-electron chi connectivity index (χ1n) is 3.88. The summed E-state index contributed by atoms with van der Waals surface area (Å²) in [6, 6.07) is 0. The van der Waals surface area contributed by atoms with Gasteiger partial charge in [-0.3, -0.25) is 0 Å². The lowest BCUT2D eigenvalue weighted by Crippen LogP contribution is -2.05. The maximum absolute atomic E-state index is 3.19. The molecule has 1 nitrogen and oxygen atoms in total. The monoisotopic (exact) mass is 137 g/mol. The fourth-order valence-electron chi connectivity index (χ4n) is 1.38. The topological polar surface area (TPSA) is 12.0 Å². The molecule has 0 saturated carbocycles. The first-order chi connectivity index (χ1) is 4.77. The van der Waals surface area contributed by atoms with Crippen LogP contribution in [0.3, 0.4) is 0 Å². The smallest absolute Gasteiger partial charge is 0.0332 e. The summed E-state index contributed by atoms with van der Waals surface area (Å²) in [5.74, 6) is 0.623. The van der Waals surface area contributed by atoms with Gasteiger partial charge < -0.3 is 5.32 Å². The second kappa shape index (κ2) is 2.91. The van der Waals surface area contributed by atoms with Gasteiger partial charge in [0.2, 0.25) is 0 Å². The maximum atomic E-state index is 3.19. The highest BCUT2D eigenvalue weighted by molar-refractivity contribution is 5.36. The molecule has 1 rings (SSSR count). The molecule has 0 aromatic rings. The molecule has 0 heterocycles. The molecule has 0 bridgehead atoms. The zero-order chi connectivity index (χ0) is 7.56. The van der Waals surface area contributed by atoms with Gasteiger partial charge in [0.1, 0.15) is 0 Å². The lowest BCUT2D eigenvalue weighted by molar-refractivity contribution is 0.937. The third-order valence-electron chi connectivity index (χ3n) is 1.89. The highest BCUT2D eigenvalue weighted by atomic mass is 14.8. The van der Waals surface area contributed by atoms with Crippen molar-refractivity contribution in [3.05, 3.63) is 23.4 Å². The molecule has 0 aliphatic heterocycles. The van der Waals surface area contributed by atoms with E-state index < -0.39 is 0 Å². The van der Waals surface area contributed by atoms with E-state index in [1.165, 1.54) is 11.3 Å². The van der Waals surface area contributed by atoms with Crippen molar-refractivity contribution in [2.24, 2.45) is 5.92 Å². The molecule has 0 aromatic heterocycles. The van der Waals surface area contributed by atoms with Crippen LogP contribution < -0.4 is 5.32 Å². The van der Waals surface area contributed by atoms with Crippen molar-refractivity contribution in [2.45, 2.75) is 20.3 Å². The predicted octanol–water partition coefficient (Wildman–Crippen LogP) is 2.08. The van der Waals surface area contributed by atoms with Crippen LogP contribution in [0.15, 0.2) is 23.4 Å². The fraction of sp³-hybridized carbons (Fsp3) is 0.556. The summed E-state index contributed by atoms with van der Waals surface area (Å²) in [5.41, 5.74) is 2.77. The third kappa shape index (κ3) is 1.23. The van der Waals surface area contributed by atoms with Crippen LogP contribution in [-0.2, 0) is 0 Å². The van der Waals surface area contributed by atoms with Crippen molar-refractivity contribution in [1.82, 2.24) is 5.32 Å². The Morgan fingerprint density at radius 1 is 1.50 bits per heavy atom. The SMILES string of the molecule is CCC1=CC(C)C=C1NC. The summed E-state index contributed by atoms with van der Waals surface area (Å²) in [5, 5.41) is 3.19. The van der Waals surface area contributed by atoms with Gasteiger partial charge in [-0.25, -0.2) is 0 Å². The van der Waals surface area contributed by atoms with Gasteiger partial charge in [0, 0.05) is 12.7 Å². The summed E-state index contributed by atoms with van der Waals surface area (Å²) in [6.45, 7) is 4.40. The molecule has 1 aliphatic carbocycles. The van der Waals surface area contributed by atoms with Crippen molar-refractivity contribution >= 4 is 0 Å². The fourth-order valence-corrected chi connectivity index (χ4v) is 1.38. The Labute approximate surface area is 62.8 Å². The van der Waals surface area contributed by atoms with Crippen LogP contribution in [0.25, 0.3) is 0 Å². The zero-order valence-corrected chi connectivity index (χ0v) is 6.94. The largest absolute Gasteiger partial charge is 0.388 e. The van der Waals surface area contributed by atoms with E-state index in [1.54, 1.807) is 0 Å². The van der Waals surface area contributed by atoms with Crippen LogP contribution >= 0.6 is 0 Å². The molecule has 0 fully saturated rings. The Morgan fingerprint density at radius 2 is 2.20 bits per heavy atom. The van der Waals surface area contributed by atoms with E-state index in [0.717, 1.165) is 6.42 Å². The van der Waals surface area contributed by atoms with Gasteiger partial charge in [-0.2, -0.15) is 0 Å². The van der Waals surface area contributed by atoms with Crippen LogP contribution in [0, 0.1) is 5.92 Å². The first-order valence-corrected chi connectivity index (χ1v) is 3.88. The van der Waals surface area contributed by atoms with Gasteiger partial charge in [-0.05, 0) is 17.9 Å². The molecule has 56 valence electrons. The van der Waals surface area contributed by atoms with Crippen molar-refractivity contribution in [1.29, 1.82) is 0 Å². The van der Waals surface area contributed by atoms with Crippen LogP contribution in [0.1, 0.15) is 20.3 Å². The van der Waals surface area contributed by atoms with Crippen LogP contribution in [0.2, 0.25) is 0 Å². The second-order valence-electron chi connectivity index (χ2n) is 2.73. The van der Waals surface area contributed by atoms with E-state index in [9.17, 15) is 0 Å². The highest BCUT2D eigenvalue weighted by Gasteiger charge is 2.10. The number of likely N-dealkylation sites (N-methyl/N-ethyl adjacent to an activating group) is 1. The van der Waals surface area contributed by atoms with E-state index >= 15 is 0 Å². The molecule has 1 heteroatoms. The highest BCUT2D eigenvalue weighted by Crippen LogP contribution is 2.23. The average molecular weight is 137 g/mol. The van der Waals surface area contributed by atoms with Gasteiger partial charge >= 0.3 is 0 Å². The van der Waals surface area contributed by atoms with Gasteiger partial charge in [-0.15, -0.1) is 0 Å². The maximum Gasteiger partial charge on any atom is 0.0332 e. The van der Waals surface area contributed by atoms with E-state index in [4.69, 9.17) is 0 Å². The molecule has 1 aliphatic rings. The van der Waals surface area contributed by atoms with Gasteiger partial charge in [0.05, 0.1) is 0 Å². The summed E-state index contributed by atoms with van der Waals surface area (Å²) >= 11 is 0. The molecule has 0 spiro atoms. The molecule has 0 aromatic carbocycles. The van der Waals surface area contributed by atoms with Crippen molar-refractivity contribution in [3.8, 4) is 0 Å². The molecule has 1 unspecified atom stereocenters. The number of allylic oxidation sites excluding steroid dienone is 3. The van der Waals surface area contributed by atoms with Gasteiger partial charge in [-0.1, -0.05) is 26.0 Å². The minimum absolute atomic E-state index is 0.623. The summed E-state index contributed by atoms with van der Waals surface area (Å²) in [4.78, 5) is 0. The molecule has 1 atom stereocenters. The lowest BCUT2D eigenvalue weighted by atomic mass is 10.2. The molecular formula is C9H15N. The summed E-state index contributed by atoms with van der Waals surface area (Å²) in [7, 11) is 1.98. The quantitative estimate of drug-likeness (QED) is 0.614. The minimum atomic E-state index is 0.623. The van der Waals surface area contributed by atoms with E-state index in [0.29, 0.717) is 5.92 Å². The summed E-state index contributed by atoms with van der Waals surface area (Å²) < 4.78 is 0. The molecular weight excluding hydrogens is 122 g/mol. The average Bonchev–Trinajstić information content (AvgIpc) is 2.30. The van der Waals surface area contributed by atoms with E-state index in [-0.39, 0.29) is 0 Å². The molecule has 10 heavy (non-hydrogen) atoms. The van der Waals surface area contributed by atoms with Gasteiger partial charge in [0.15, 0.2) is 0 Å². The standard InChI is InChI=1S/C9H15N/c1-4-8-5-7(2)6-9(8)10-3/h5-7,10H,4H2,1-3H3. The van der Waals surface area contributed by atoms with Crippen LogP contribution in [0.4, 0.5) is 0 Å². The van der Waals surface area contributed by atoms with E-state index in [1.807, 2.05) is 7.05 Å². The number of hydrogen-bond acceptors (Lipinski definition) is 1. The Hall–Kier alpha value is -0.720. The van der Waals surface area contributed by atoms with Crippen molar-refractivity contribution in [3.63, 3.8) is 0 Å². The van der Waals surface area contributed by atoms with Crippen molar-refractivity contribution < 1.29 is 0 Å². The predicted molar refractivity (Wildman–Crippen MR) is 44.7 cm³/mol. The number of hydrogen-bond donors (Lipinski definition) is 1. The van der Waals surface area contributed by atoms with Crippen LogP contribution in [0.5, 0.6) is 0 Å². The van der Waals surface area contributed by atoms with Gasteiger partial charge in [0.25, 0.3) is 0 Å². The third-order valence-corrected chi connectivity index (χ3v) is 1.89. The molecule has 0 amide bonds. The Balaban J connectivity index is 2.73. The Kier molecular flexibility index (Phi) is 2.15. The number of nitrogens with one attached hydrogen (secondary N) is 1. The molecule has 0 radical (unpaired) electrons. The first kappa shape index (κ1) is 7.39. The Morgan fingerprint density at radius 3 is 2.60 bits per heavy atom. The second-order valence-corrected chi connectivity index (χ2v) is 2.73. The van der Waals surface area contributed by atoms with Crippen LogP contribution in [-0.4, -0.2) is 7.05 Å². The minimum Gasteiger partial charge on any atom is -0.388 e. The lowest BCUT2D eigenvalue weighted by Gasteiger charge is -2.03. The zero-order valence-electron chi connectivity index (χ0n) is 6.94. The van der Waals surface area contributed by atoms with Crippen molar-refractivity contribution in [2.75, 3.05) is 7.05 Å².